The van der Waals surface area contributed by atoms with Crippen molar-refractivity contribution in [3.05, 3.63) is 30.1 Å². The van der Waals surface area contributed by atoms with Gasteiger partial charge in [-0.25, -0.2) is 4.39 Å². The number of piperazine rings is 1. The summed E-state index contributed by atoms with van der Waals surface area (Å²) in [5.41, 5.74) is 0.689. The Hall–Kier alpha value is -1.13. The molecule has 0 aliphatic carbocycles. The molecule has 0 bridgehead atoms. The number of methoxy groups -OCH3 is 1. The van der Waals surface area contributed by atoms with Gasteiger partial charge in [-0.3, -0.25) is 4.99 Å². The van der Waals surface area contributed by atoms with Crippen molar-refractivity contribution < 1.29 is 9.13 Å². The Morgan fingerprint density at radius 3 is 2.56 bits per heavy atom. The van der Waals surface area contributed by atoms with Crippen LogP contribution in [0.2, 0.25) is 0 Å². The maximum atomic E-state index is 14.0. The maximum Gasteiger partial charge on any atom is 0.194 e. The van der Waals surface area contributed by atoms with Gasteiger partial charge in [-0.1, -0.05) is 12.1 Å². The lowest BCUT2D eigenvalue weighted by molar-refractivity contribution is 0.163. The summed E-state index contributed by atoms with van der Waals surface area (Å²) in [6.45, 7) is 9.45. The van der Waals surface area contributed by atoms with Crippen molar-refractivity contribution in [2.45, 2.75) is 6.92 Å². The topological polar surface area (TPSA) is 43.3 Å². The predicted octanol–water partition coefficient (Wildman–Crippen LogP) is 2.11. The minimum atomic E-state index is -0.152. The number of rotatable bonds is 8. The van der Waals surface area contributed by atoms with Gasteiger partial charge >= 0.3 is 0 Å². The summed E-state index contributed by atoms with van der Waals surface area (Å²) >= 11 is 0. The lowest BCUT2D eigenvalue weighted by atomic mass is 10.2. The molecule has 154 valence electrons. The highest BCUT2D eigenvalue weighted by molar-refractivity contribution is 14.0. The number of hydrogen-bond acceptors (Lipinski definition) is 4. The van der Waals surface area contributed by atoms with Gasteiger partial charge in [-0.05, 0) is 26.1 Å². The van der Waals surface area contributed by atoms with E-state index in [1.165, 1.54) is 6.07 Å². The molecule has 6 nitrogen and oxygen atoms in total. The van der Waals surface area contributed by atoms with Crippen molar-refractivity contribution in [3.8, 4) is 0 Å². The standard InChI is InChI=1S/C19H32FN5O.HI/c1-4-21-19(22-9-10-23(2)15-16-26-3)25-13-11-24(12-14-25)18-8-6-5-7-17(18)20;/h5-8H,4,9-16H2,1-3H3,(H,21,22);1H. The number of para-hydroxylation sites is 1. The average Bonchev–Trinajstić information content (AvgIpc) is 2.66. The molecule has 0 unspecified atom stereocenters. The van der Waals surface area contributed by atoms with Crippen molar-refractivity contribution in [2.75, 3.05) is 78.0 Å². The van der Waals surface area contributed by atoms with Crippen molar-refractivity contribution in [3.63, 3.8) is 0 Å². The second-order valence-corrected chi connectivity index (χ2v) is 6.46. The number of nitrogens with zero attached hydrogens (tertiary/aromatic N) is 4. The van der Waals surface area contributed by atoms with Gasteiger partial charge in [0.05, 0.1) is 18.8 Å². The third kappa shape index (κ3) is 7.79. The fourth-order valence-electron chi connectivity index (χ4n) is 2.98. The molecule has 1 heterocycles. The number of likely N-dealkylation sites (N-methyl/N-ethyl adjacent to an activating group) is 1. The van der Waals surface area contributed by atoms with Crippen LogP contribution in [0.5, 0.6) is 0 Å². The molecule has 1 fully saturated rings. The van der Waals surface area contributed by atoms with Crippen molar-refractivity contribution in [2.24, 2.45) is 4.99 Å². The van der Waals surface area contributed by atoms with E-state index in [9.17, 15) is 4.39 Å². The summed E-state index contributed by atoms with van der Waals surface area (Å²) in [4.78, 5) is 11.3. The first kappa shape index (κ1) is 23.9. The molecule has 27 heavy (non-hydrogen) atoms. The van der Waals surface area contributed by atoms with Crippen LogP contribution in [0.4, 0.5) is 10.1 Å². The minimum absolute atomic E-state index is 0. The smallest absolute Gasteiger partial charge is 0.194 e. The molecule has 1 aliphatic rings. The highest BCUT2D eigenvalue weighted by atomic mass is 127. The van der Waals surface area contributed by atoms with Gasteiger partial charge in [-0.15, -0.1) is 24.0 Å². The Kier molecular flexibility index (Phi) is 11.6. The molecule has 0 amide bonds. The highest BCUT2D eigenvalue weighted by Gasteiger charge is 2.21. The van der Waals surface area contributed by atoms with Crippen molar-refractivity contribution in [1.29, 1.82) is 0 Å². The van der Waals surface area contributed by atoms with Crippen LogP contribution in [0.3, 0.4) is 0 Å². The maximum absolute atomic E-state index is 14.0. The summed E-state index contributed by atoms with van der Waals surface area (Å²) < 4.78 is 19.1. The molecule has 0 radical (unpaired) electrons. The molecule has 8 heteroatoms. The normalized spacial score (nSPS) is 15.1. The van der Waals surface area contributed by atoms with Gasteiger partial charge in [0.15, 0.2) is 5.96 Å². The summed E-state index contributed by atoms with van der Waals surface area (Å²) in [5.74, 6) is 0.793. The van der Waals surface area contributed by atoms with E-state index in [0.717, 1.165) is 64.9 Å². The van der Waals surface area contributed by atoms with Crippen LogP contribution in [0.15, 0.2) is 29.3 Å². The monoisotopic (exact) mass is 493 g/mol. The Balaban J connectivity index is 0.00000364. The van der Waals surface area contributed by atoms with Crippen LogP contribution < -0.4 is 10.2 Å². The molecule has 0 spiro atoms. The van der Waals surface area contributed by atoms with Gasteiger partial charge < -0.3 is 24.8 Å². The molecule has 0 atom stereocenters. The Labute approximate surface area is 179 Å². The van der Waals surface area contributed by atoms with E-state index in [1.54, 1.807) is 13.2 Å². The molecule has 0 saturated carbocycles. The molecule has 2 rings (SSSR count). The predicted molar refractivity (Wildman–Crippen MR) is 121 cm³/mol. The fraction of sp³-hybridized carbons (Fsp3) is 0.632. The largest absolute Gasteiger partial charge is 0.383 e. The van der Waals surface area contributed by atoms with Crippen LogP contribution in [0.1, 0.15) is 6.92 Å². The fourth-order valence-corrected chi connectivity index (χ4v) is 2.98. The number of guanidine groups is 1. The quantitative estimate of drug-likeness (QED) is 0.342. The molecule has 1 aliphatic heterocycles. The van der Waals surface area contributed by atoms with Crippen molar-refractivity contribution >= 4 is 35.6 Å². The third-order valence-electron chi connectivity index (χ3n) is 4.53. The van der Waals surface area contributed by atoms with Crippen LogP contribution in [0.25, 0.3) is 0 Å². The zero-order valence-corrected chi connectivity index (χ0v) is 19.0. The summed E-state index contributed by atoms with van der Waals surface area (Å²) in [6.07, 6.45) is 0. The molecular formula is C19H33FIN5O. The average molecular weight is 493 g/mol. The van der Waals surface area contributed by atoms with E-state index in [1.807, 2.05) is 12.1 Å². The third-order valence-corrected chi connectivity index (χ3v) is 4.53. The first-order valence-electron chi connectivity index (χ1n) is 9.36. The first-order chi connectivity index (χ1) is 12.7. The second-order valence-electron chi connectivity index (χ2n) is 6.46. The van der Waals surface area contributed by atoms with E-state index < -0.39 is 0 Å². The Morgan fingerprint density at radius 1 is 1.22 bits per heavy atom. The molecule has 1 N–H and O–H groups in total. The van der Waals surface area contributed by atoms with Crippen LogP contribution in [-0.2, 0) is 4.74 Å². The summed E-state index contributed by atoms with van der Waals surface area (Å²) in [7, 11) is 3.80. The zero-order valence-electron chi connectivity index (χ0n) is 16.7. The van der Waals surface area contributed by atoms with Gasteiger partial charge in [-0.2, -0.15) is 0 Å². The number of anilines is 1. The van der Waals surface area contributed by atoms with Crippen LogP contribution in [0, 0.1) is 5.82 Å². The molecular weight excluding hydrogens is 460 g/mol. The number of benzene rings is 1. The number of aliphatic imine (C=N–C) groups is 1. The summed E-state index contributed by atoms with van der Waals surface area (Å²) in [6, 6.07) is 6.98. The molecule has 1 saturated heterocycles. The van der Waals surface area contributed by atoms with E-state index in [4.69, 9.17) is 9.73 Å². The number of halogens is 2. The number of ether oxygens (including phenoxy) is 1. The zero-order chi connectivity index (χ0) is 18.8. The second kappa shape index (κ2) is 13.1. The Bertz CT molecular complexity index is 567. The number of hydrogen-bond donors (Lipinski definition) is 1. The summed E-state index contributed by atoms with van der Waals surface area (Å²) in [5, 5.41) is 3.38. The van der Waals surface area contributed by atoms with E-state index >= 15 is 0 Å². The SMILES string of the molecule is CCNC(=NCCN(C)CCOC)N1CCN(c2ccccc2F)CC1.I. The van der Waals surface area contributed by atoms with E-state index in [2.05, 4.69) is 34.0 Å². The lowest BCUT2D eigenvalue weighted by Gasteiger charge is -2.37. The number of nitrogens with one attached hydrogen (secondary N) is 1. The lowest BCUT2D eigenvalue weighted by Crippen LogP contribution is -2.52. The van der Waals surface area contributed by atoms with Crippen LogP contribution >= 0.6 is 24.0 Å². The minimum Gasteiger partial charge on any atom is -0.383 e. The van der Waals surface area contributed by atoms with Gasteiger partial charge in [0.2, 0.25) is 0 Å². The van der Waals surface area contributed by atoms with Gasteiger partial charge in [0.1, 0.15) is 5.82 Å². The molecule has 1 aromatic rings. The molecule has 0 aromatic heterocycles. The molecule has 1 aromatic carbocycles. The van der Waals surface area contributed by atoms with E-state index in [0.29, 0.717) is 5.69 Å². The van der Waals surface area contributed by atoms with E-state index in [-0.39, 0.29) is 29.8 Å². The highest BCUT2D eigenvalue weighted by Crippen LogP contribution is 2.20. The first-order valence-corrected chi connectivity index (χ1v) is 9.36. The van der Waals surface area contributed by atoms with Gasteiger partial charge in [0.25, 0.3) is 0 Å². The van der Waals surface area contributed by atoms with Crippen molar-refractivity contribution in [1.82, 2.24) is 15.1 Å². The van der Waals surface area contributed by atoms with Gasteiger partial charge in [0, 0.05) is 52.9 Å². The van der Waals surface area contributed by atoms with Crippen LogP contribution in [-0.4, -0.2) is 88.9 Å². The Morgan fingerprint density at radius 2 is 1.93 bits per heavy atom.